The molecule has 3 aromatic rings. The van der Waals surface area contributed by atoms with E-state index < -0.39 is 11.7 Å². The second-order valence-corrected chi connectivity index (χ2v) is 5.61. The van der Waals surface area contributed by atoms with Crippen molar-refractivity contribution in [3.05, 3.63) is 53.6 Å². The Hall–Kier alpha value is -3.54. The van der Waals surface area contributed by atoms with Crippen LogP contribution in [0.2, 0.25) is 0 Å². The van der Waals surface area contributed by atoms with E-state index in [-0.39, 0.29) is 5.75 Å². The molecule has 0 bridgehead atoms. The molecule has 1 aromatic heterocycles. The van der Waals surface area contributed by atoms with Crippen LogP contribution < -0.4 is 14.2 Å². The molecule has 1 heterocycles. The maximum atomic E-state index is 12.9. The zero-order valence-corrected chi connectivity index (χ0v) is 15.2. The van der Waals surface area contributed by atoms with Crippen LogP contribution in [-0.4, -0.2) is 19.2 Å². The SMILES string of the molecule is COc1ccc2nc(OC)c(C)cc2c1Oc1cccc(C(F)(F)F)c1.N#N. The zero-order chi connectivity index (χ0) is 20.9. The van der Waals surface area contributed by atoms with Gasteiger partial charge in [-0.15, -0.1) is 0 Å². The Morgan fingerprint density at radius 1 is 0.964 bits per heavy atom. The van der Waals surface area contributed by atoms with Gasteiger partial charge in [0, 0.05) is 21.7 Å². The smallest absolute Gasteiger partial charge is 0.416 e. The Labute approximate surface area is 158 Å². The Balaban J connectivity index is 0.00000136. The molecule has 0 radical (unpaired) electrons. The molecule has 0 saturated carbocycles. The Kier molecular flexibility index (Phi) is 6.26. The molecule has 2 aromatic carbocycles. The number of alkyl halides is 3. The van der Waals surface area contributed by atoms with E-state index in [0.29, 0.717) is 28.3 Å². The van der Waals surface area contributed by atoms with Gasteiger partial charge in [0.2, 0.25) is 5.88 Å². The summed E-state index contributed by atoms with van der Waals surface area (Å²) in [6.45, 7) is 1.82. The molecule has 9 heteroatoms. The molecule has 0 aliphatic rings. The van der Waals surface area contributed by atoms with Gasteiger partial charge < -0.3 is 14.2 Å². The maximum absolute atomic E-state index is 12.9. The minimum Gasteiger partial charge on any atom is -0.493 e. The fourth-order valence-electron chi connectivity index (χ4n) is 2.61. The maximum Gasteiger partial charge on any atom is 0.416 e. The third kappa shape index (κ3) is 4.23. The summed E-state index contributed by atoms with van der Waals surface area (Å²) in [5.74, 6) is 1.20. The molecule has 0 fully saturated rings. The van der Waals surface area contributed by atoms with Gasteiger partial charge in [0.05, 0.1) is 25.3 Å². The van der Waals surface area contributed by atoms with Gasteiger partial charge >= 0.3 is 6.18 Å². The van der Waals surface area contributed by atoms with E-state index in [1.165, 1.54) is 26.4 Å². The molecule has 0 N–H and O–H groups in total. The predicted molar refractivity (Wildman–Crippen MR) is 94.6 cm³/mol. The van der Waals surface area contributed by atoms with Gasteiger partial charge in [-0.05, 0) is 43.3 Å². The van der Waals surface area contributed by atoms with Crippen molar-refractivity contribution in [3.63, 3.8) is 0 Å². The third-order valence-electron chi connectivity index (χ3n) is 3.85. The average Bonchev–Trinajstić information content (AvgIpc) is 2.69. The second-order valence-electron chi connectivity index (χ2n) is 5.61. The van der Waals surface area contributed by atoms with Crippen LogP contribution in [-0.2, 0) is 6.18 Å². The van der Waals surface area contributed by atoms with E-state index in [9.17, 15) is 13.2 Å². The summed E-state index contributed by atoms with van der Waals surface area (Å²) in [5.41, 5.74) is 0.558. The summed E-state index contributed by atoms with van der Waals surface area (Å²) < 4.78 is 55.1. The summed E-state index contributed by atoms with van der Waals surface area (Å²) in [6.07, 6.45) is -4.45. The van der Waals surface area contributed by atoms with Crippen LogP contribution in [0.4, 0.5) is 13.2 Å². The number of methoxy groups -OCH3 is 2. The van der Waals surface area contributed by atoms with E-state index in [0.717, 1.165) is 17.7 Å². The monoisotopic (exact) mass is 391 g/mol. The second kappa shape index (κ2) is 8.43. The molecule has 0 amide bonds. The van der Waals surface area contributed by atoms with Crippen molar-refractivity contribution in [1.29, 1.82) is 10.8 Å². The highest BCUT2D eigenvalue weighted by Crippen LogP contribution is 2.40. The molecule has 0 unspecified atom stereocenters. The van der Waals surface area contributed by atoms with Crippen LogP contribution >= 0.6 is 0 Å². The molecule has 28 heavy (non-hydrogen) atoms. The number of hydrogen-bond donors (Lipinski definition) is 0. The van der Waals surface area contributed by atoms with Crippen LogP contribution in [0.3, 0.4) is 0 Å². The van der Waals surface area contributed by atoms with Crippen molar-refractivity contribution in [2.24, 2.45) is 0 Å². The van der Waals surface area contributed by atoms with Crippen molar-refractivity contribution in [2.75, 3.05) is 14.2 Å². The van der Waals surface area contributed by atoms with Crippen molar-refractivity contribution in [3.8, 4) is 23.1 Å². The van der Waals surface area contributed by atoms with Gasteiger partial charge in [-0.3, -0.25) is 0 Å². The van der Waals surface area contributed by atoms with Crippen LogP contribution in [0.15, 0.2) is 42.5 Å². The van der Waals surface area contributed by atoms with Crippen molar-refractivity contribution in [2.45, 2.75) is 13.1 Å². The first-order valence-corrected chi connectivity index (χ1v) is 7.91. The standard InChI is InChI=1S/C19H16F3NO3.N2/c1-11-9-14-15(23-18(11)25-3)7-8-16(24-2)17(14)26-13-6-4-5-12(10-13)19(20,21)22;1-2/h4-10H,1-3H3;. The molecule has 146 valence electrons. The normalized spacial score (nSPS) is 10.7. The number of halogens is 3. The Morgan fingerprint density at radius 3 is 2.29 bits per heavy atom. The lowest BCUT2D eigenvalue weighted by atomic mass is 10.1. The molecular weight excluding hydrogens is 375 g/mol. The van der Waals surface area contributed by atoms with Crippen molar-refractivity contribution >= 4 is 10.9 Å². The molecule has 0 saturated heterocycles. The number of hydrogen-bond acceptors (Lipinski definition) is 6. The van der Waals surface area contributed by atoms with Crippen LogP contribution in [0, 0.1) is 17.7 Å². The first-order chi connectivity index (χ1) is 13.3. The summed E-state index contributed by atoms with van der Waals surface area (Å²) in [7, 11) is 2.98. The van der Waals surface area contributed by atoms with Crippen LogP contribution in [0.5, 0.6) is 23.1 Å². The molecule has 0 atom stereocenters. The molecule has 0 aliphatic carbocycles. The van der Waals surface area contributed by atoms with Crippen molar-refractivity contribution in [1.82, 2.24) is 4.98 Å². The number of fused-ring (bicyclic) bond motifs is 1. The van der Waals surface area contributed by atoms with Crippen LogP contribution in [0.1, 0.15) is 11.1 Å². The summed E-state index contributed by atoms with van der Waals surface area (Å²) >= 11 is 0. The average molecular weight is 391 g/mol. The first kappa shape index (κ1) is 20.8. The number of ether oxygens (including phenoxy) is 3. The summed E-state index contributed by atoms with van der Waals surface area (Å²) in [5, 5.41) is 12.6. The molecular formula is C19H16F3N3O3. The molecule has 3 rings (SSSR count). The van der Waals surface area contributed by atoms with Gasteiger partial charge in [0.15, 0.2) is 11.5 Å². The number of aryl methyl sites for hydroxylation is 1. The lowest BCUT2D eigenvalue weighted by Gasteiger charge is -2.15. The molecule has 6 nitrogen and oxygen atoms in total. The highest BCUT2D eigenvalue weighted by molar-refractivity contribution is 5.89. The fraction of sp³-hybridized carbons (Fsp3) is 0.211. The first-order valence-electron chi connectivity index (χ1n) is 7.91. The summed E-state index contributed by atoms with van der Waals surface area (Å²) in [6, 6.07) is 9.86. The predicted octanol–water partition coefficient (Wildman–Crippen LogP) is 5.40. The topological polar surface area (TPSA) is 88.2 Å². The van der Waals surface area contributed by atoms with Gasteiger partial charge in [0.25, 0.3) is 0 Å². The lowest BCUT2D eigenvalue weighted by molar-refractivity contribution is -0.137. The van der Waals surface area contributed by atoms with E-state index in [2.05, 4.69) is 4.98 Å². The Bertz CT molecular complexity index is 1000. The molecule has 0 spiro atoms. The van der Waals surface area contributed by atoms with Crippen molar-refractivity contribution < 1.29 is 27.4 Å². The van der Waals surface area contributed by atoms with E-state index in [1.807, 2.05) is 6.92 Å². The van der Waals surface area contributed by atoms with Crippen LogP contribution in [0.25, 0.3) is 10.9 Å². The third-order valence-corrected chi connectivity index (χ3v) is 3.85. The molecule has 0 aliphatic heterocycles. The van der Waals surface area contributed by atoms with E-state index >= 15 is 0 Å². The van der Waals surface area contributed by atoms with E-state index in [4.69, 9.17) is 25.0 Å². The number of aromatic nitrogens is 1. The fourth-order valence-corrected chi connectivity index (χ4v) is 2.61. The lowest BCUT2D eigenvalue weighted by Crippen LogP contribution is -2.04. The minimum absolute atomic E-state index is 0.0547. The number of benzene rings is 2. The highest BCUT2D eigenvalue weighted by Gasteiger charge is 2.30. The number of nitrogens with zero attached hydrogens (tertiary/aromatic N) is 3. The number of pyridine rings is 1. The van der Waals surface area contributed by atoms with Gasteiger partial charge in [-0.2, -0.15) is 13.2 Å². The zero-order valence-electron chi connectivity index (χ0n) is 15.2. The van der Waals surface area contributed by atoms with E-state index in [1.54, 1.807) is 18.2 Å². The van der Waals surface area contributed by atoms with Gasteiger partial charge in [-0.25, -0.2) is 4.98 Å². The quantitative estimate of drug-likeness (QED) is 0.553. The minimum atomic E-state index is -4.45. The van der Waals surface area contributed by atoms with Gasteiger partial charge in [-0.1, -0.05) is 6.07 Å². The Morgan fingerprint density at radius 2 is 1.68 bits per heavy atom. The number of rotatable bonds is 4. The summed E-state index contributed by atoms with van der Waals surface area (Å²) in [4.78, 5) is 4.39. The highest BCUT2D eigenvalue weighted by atomic mass is 19.4. The van der Waals surface area contributed by atoms with Gasteiger partial charge in [0.1, 0.15) is 5.75 Å². The largest absolute Gasteiger partial charge is 0.493 e.